The summed E-state index contributed by atoms with van der Waals surface area (Å²) in [7, 11) is 3.19. The van der Waals surface area contributed by atoms with Crippen LogP contribution in [0.25, 0.3) is 0 Å². The standard InChI is InChI=1S/C20H24ClNO4/c1-14-12-16(21)6-8-17(14)26-11-10-22-20(23)9-5-15-4-7-18(24-2)19(13-15)25-3/h4,6-8,12-13H,5,9-11H2,1-3H3,(H,22,23). The van der Waals surface area contributed by atoms with Crippen LogP contribution in [0.15, 0.2) is 36.4 Å². The molecule has 2 aromatic rings. The lowest BCUT2D eigenvalue weighted by atomic mass is 10.1. The number of benzene rings is 2. The van der Waals surface area contributed by atoms with Gasteiger partial charge in [0.05, 0.1) is 20.8 Å². The highest BCUT2D eigenvalue weighted by Gasteiger charge is 2.07. The van der Waals surface area contributed by atoms with Gasteiger partial charge >= 0.3 is 0 Å². The number of methoxy groups -OCH3 is 2. The lowest BCUT2D eigenvalue weighted by Crippen LogP contribution is -2.28. The lowest BCUT2D eigenvalue weighted by Gasteiger charge is -2.11. The average Bonchev–Trinajstić information content (AvgIpc) is 2.64. The van der Waals surface area contributed by atoms with Gasteiger partial charge in [-0.3, -0.25) is 4.79 Å². The number of ether oxygens (including phenoxy) is 3. The zero-order valence-electron chi connectivity index (χ0n) is 15.3. The Morgan fingerprint density at radius 1 is 1.04 bits per heavy atom. The van der Waals surface area contributed by atoms with Crippen molar-refractivity contribution in [3.63, 3.8) is 0 Å². The number of rotatable bonds is 9. The third-order valence-electron chi connectivity index (χ3n) is 3.91. The molecule has 2 rings (SSSR count). The molecule has 0 fully saturated rings. The second kappa shape index (κ2) is 9.92. The molecule has 0 saturated heterocycles. The highest BCUT2D eigenvalue weighted by Crippen LogP contribution is 2.28. The molecule has 2 aromatic carbocycles. The van der Waals surface area contributed by atoms with Crippen LogP contribution in [-0.2, 0) is 11.2 Å². The van der Waals surface area contributed by atoms with Crippen molar-refractivity contribution in [3.05, 3.63) is 52.5 Å². The van der Waals surface area contributed by atoms with Gasteiger partial charge in [0.15, 0.2) is 11.5 Å². The molecule has 26 heavy (non-hydrogen) atoms. The molecule has 0 aliphatic carbocycles. The van der Waals surface area contributed by atoms with Gasteiger partial charge in [0.1, 0.15) is 12.4 Å². The van der Waals surface area contributed by atoms with E-state index >= 15 is 0 Å². The van der Waals surface area contributed by atoms with E-state index in [2.05, 4.69) is 5.32 Å². The topological polar surface area (TPSA) is 56.8 Å². The van der Waals surface area contributed by atoms with Crippen molar-refractivity contribution < 1.29 is 19.0 Å². The fraction of sp³-hybridized carbons (Fsp3) is 0.350. The number of carbonyl (C=O) groups is 1. The summed E-state index contributed by atoms with van der Waals surface area (Å²) >= 11 is 5.91. The predicted octanol–water partition coefficient (Wildman–Crippen LogP) is 3.79. The molecule has 0 bridgehead atoms. The van der Waals surface area contributed by atoms with E-state index in [0.717, 1.165) is 16.9 Å². The van der Waals surface area contributed by atoms with Crippen molar-refractivity contribution in [2.24, 2.45) is 0 Å². The Bertz CT molecular complexity index is 749. The van der Waals surface area contributed by atoms with Gasteiger partial charge in [-0.05, 0) is 54.8 Å². The van der Waals surface area contributed by atoms with Crippen LogP contribution in [0, 0.1) is 6.92 Å². The molecule has 5 nitrogen and oxygen atoms in total. The van der Waals surface area contributed by atoms with E-state index in [1.165, 1.54) is 0 Å². The Labute approximate surface area is 159 Å². The number of hydrogen-bond acceptors (Lipinski definition) is 4. The molecule has 1 amide bonds. The molecule has 0 aromatic heterocycles. The van der Waals surface area contributed by atoms with Crippen LogP contribution in [0.3, 0.4) is 0 Å². The van der Waals surface area contributed by atoms with E-state index in [1.807, 2.05) is 37.3 Å². The molecule has 0 heterocycles. The highest BCUT2D eigenvalue weighted by atomic mass is 35.5. The Balaban J connectivity index is 1.72. The van der Waals surface area contributed by atoms with E-state index < -0.39 is 0 Å². The summed E-state index contributed by atoms with van der Waals surface area (Å²) < 4.78 is 16.1. The predicted molar refractivity (Wildman–Crippen MR) is 103 cm³/mol. The molecule has 1 N–H and O–H groups in total. The summed E-state index contributed by atoms with van der Waals surface area (Å²) in [5, 5.41) is 3.54. The van der Waals surface area contributed by atoms with Gasteiger partial charge in [0.2, 0.25) is 5.91 Å². The number of amides is 1. The van der Waals surface area contributed by atoms with Crippen molar-refractivity contribution in [3.8, 4) is 17.2 Å². The van der Waals surface area contributed by atoms with E-state index in [4.69, 9.17) is 25.8 Å². The van der Waals surface area contributed by atoms with E-state index in [-0.39, 0.29) is 5.91 Å². The number of carbonyl (C=O) groups excluding carboxylic acids is 1. The van der Waals surface area contributed by atoms with Crippen LogP contribution in [-0.4, -0.2) is 33.3 Å². The third-order valence-corrected chi connectivity index (χ3v) is 4.14. The monoisotopic (exact) mass is 377 g/mol. The first-order valence-corrected chi connectivity index (χ1v) is 8.78. The minimum atomic E-state index is -0.0174. The Kier molecular flexibility index (Phi) is 7.60. The van der Waals surface area contributed by atoms with Crippen LogP contribution in [0.1, 0.15) is 17.5 Å². The molecule has 140 valence electrons. The van der Waals surface area contributed by atoms with E-state index in [1.54, 1.807) is 20.3 Å². The average molecular weight is 378 g/mol. The minimum Gasteiger partial charge on any atom is -0.493 e. The van der Waals surface area contributed by atoms with Crippen molar-refractivity contribution >= 4 is 17.5 Å². The van der Waals surface area contributed by atoms with Gasteiger partial charge in [-0.15, -0.1) is 0 Å². The first-order chi connectivity index (χ1) is 12.5. The van der Waals surface area contributed by atoms with Gasteiger partial charge in [-0.2, -0.15) is 0 Å². The highest BCUT2D eigenvalue weighted by molar-refractivity contribution is 6.30. The van der Waals surface area contributed by atoms with Crippen LogP contribution in [0.2, 0.25) is 5.02 Å². The van der Waals surface area contributed by atoms with E-state index in [0.29, 0.717) is 42.5 Å². The van der Waals surface area contributed by atoms with Gasteiger partial charge in [0.25, 0.3) is 0 Å². The summed E-state index contributed by atoms with van der Waals surface area (Å²) in [6.45, 7) is 2.79. The zero-order chi connectivity index (χ0) is 18.9. The smallest absolute Gasteiger partial charge is 0.220 e. The van der Waals surface area contributed by atoms with Gasteiger partial charge in [-0.25, -0.2) is 0 Å². The molecular formula is C20H24ClNO4. The summed E-state index contributed by atoms with van der Waals surface area (Å²) in [4.78, 5) is 12.0. The van der Waals surface area contributed by atoms with Gasteiger partial charge in [-0.1, -0.05) is 17.7 Å². The number of aryl methyl sites for hydroxylation is 2. The number of hydrogen-bond donors (Lipinski definition) is 1. The molecule has 0 aliphatic rings. The van der Waals surface area contributed by atoms with Crippen molar-refractivity contribution in [2.75, 3.05) is 27.4 Å². The summed E-state index contributed by atoms with van der Waals surface area (Å²) in [6, 6.07) is 11.1. The molecule has 0 unspecified atom stereocenters. The maximum absolute atomic E-state index is 12.0. The fourth-order valence-corrected chi connectivity index (χ4v) is 2.74. The molecule has 0 atom stereocenters. The van der Waals surface area contributed by atoms with Crippen LogP contribution in [0.4, 0.5) is 0 Å². The quantitative estimate of drug-likeness (QED) is 0.675. The number of nitrogens with one attached hydrogen (secondary N) is 1. The molecule has 0 saturated carbocycles. The maximum atomic E-state index is 12.0. The third kappa shape index (κ3) is 5.85. The second-order valence-corrected chi connectivity index (χ2v) is 6.23. The fourth-order valence-electron chi connectivity index (χ4n) is 2.51. The minimum absolute atomic E-state index is 0.0174. The van der Waals surface area contributed by atoms with Gasteiger partial charge < -0.3 is 19.5 Å². The Morgan fingerprint density at radius 2 is 1.77 bits per heavy atom. The van der Waals surface area contributed by atoms with Gasteiger partial charge in [0, 0.05) is 11.4 Å². The van der Waals surface area contributed by atoms with Crippen molar-refractivity contribution in [1.29, 1.82) is 0 Å². The lowest BCUT2D eigenvalue weighted by molar-refractivity contribution is -0.121. The molecule has 6 heteroatoms. The first kappa shape index (κ1) is 19.9. The number of halogens is 1. The van der Waals surface area contributed by atoms with Crippen molar-refractivity contribution in [1.82, 2.24) is 5.32 Å². The molecule has 0 radical (unpaired) electrons. The molecule has 0 aliphatic heterocycles. The zero-order valence-corrected chi connectivity index (χ0v) is 16.1. The molecular weight excluding hydrogens is 354 g/mol. The Hall–Kier alpha value is -2.40. The van der Waals surface area contributed by atoms with Crippen molar-refractivity contribution in [2.45, 2.75) is 19.8 Å². The summed E-state index contributed by atoms with van der Waals surface area (Å²) in [6.07, 6.45) is 1.03. The molecule has 0 spiro atoms. The summed E-state index contributed by atoms with van der Waals surface area (Å²) in [5.74, 6) is 2.10. The van der Waals surface area contributed by atoms with Crippen LogP contribution >= 0.6 is 11.6 Å². The van der Waals surface area contributed by atoms with Crippen LogP contribution < -0.4 is 19.5 Å². The largest absolute Gasteiger partial charge is 0.493 e. The summed E-state index contributed by atoms with van der Waals surface area (Å²) in [5.41, 5.74) is 1.99. The maximum Gasteiger partial charge on any atom is 0.220 e. The van der Waals surface area contributed by atoms with E-state index in [9.17, 15) is 4.79 Å². The first-order valence-electron chi connectivity index (χ1n) is 8.40. The Morgan fingerprint density at radius 3 is 2.46 bits per heavy atom. The SMILES string of the molecule is COc1ccc(CCC(=O)NCCOc2ccc(Cl)cc2C)cc1OC. The second-order valence-electron chi connectivity index (χ2n) is 5.80. The van der Waals surface area contributed by atoms with Crippen LogP contribution in [0.5, 0.6) is 17.2 Å². The normalized spacial score (nSPS) is 10.3.